The molecule has 2 unspecified atom stereocenters. The molecule has 0 spiro atoms. The van der Waals surface area contributed by atoms with Crippen molar-refractivity contribution in [3.05, 3.63) is 58.8 Å². The third-order valence-corrected chi connectivity index (χ3v) is 5.73. The molecule has 0 amide bonds. The van der Waals surface area contributed by atoms with Crippen LogP contribution >= 0.6 is 0 Å². The van der Waals surface area contributed by atoms with Crippen molar-refractivity contribution in [2.75, 3.05) is 24.9 Å². The summed E-state index contributed by atoms with van der Waals surface area (Å²) in [6.45, 7) is 3.53. The summed E-state index contributed by atoms with van der Waals surface area (Å²) < 4.78 is 9.72. The van der Waals surface area contributed by atoms with Gasteiger partial charge in [0.05, 0.1) is 36.7 Å². The topological polar surface area (TPSA) is 139 Å². The van der Waals surface area contributed by atoms with Crippen LogP contribution in [0, 0.1) is 0 Å². The fourth-order valence-corrected chi connectivity index (χ4v) is 4.04. The Kier molecular flexibility index (Phi) is 6.04. The summed E-state index contributed by atoms with van der Waals surface area (Å²) in [7, 11) is 2.62. The largest absolute Gasteiger partial charge is 0.465 e. The van der Waals surface area contributed by atoms with E-state index in [0.717, 1.165) is 0 Å². The van der Waals surface area contributed by atoms with Gasteiger partial charge in [-0.1, -0.05) is 0 Å². The molecule has 2 aromatic carbocycles. The Morgan fingerprint density at radius 2 is 1.33 bits per heavy atom. The van der Waals surface area contributed by atoms with E-state index in [-0.39, 0.29) is 5.95 Å². The molecule has 0 bridgehead atoms. The molecule has 2 aliphatic rings. The Bertz CT molecular complexity index is 1260. The van der Waals surface area contributed by atoms with Gasteiger partial charge in [0.1, 0.15) is 18.0 Å². The maximum absolute atomic E-state index is 12.2. The molecule has 3 aromatic rings. The van der Waals surface area contributed by atoms with Gasteiger partial charge in [-0.3, -0.25) is 0 Å². The van der Waals surface area contributed by atoms with Crippen LogP contribution in [0.4, 0.5) is 23.1 Å². The fourth-order valence-electron chi connectivity index (χ4n) is 4.04. The van der Waals surface area contributed by atoms with E-state index in [4.69, 9.17) is 29.0 Å². The molecule has 0 fully saturated rings. The second kappa shape index (κ2) is 9.32. The van der Waals surface area contributed by atoms with E-state index in [1.807, 2.05) is 0 Å². The number of methoxy groups -OCH3 is 2. The number of hydrogen-bond donors (Lipinski definition) is 2. The lowest BCUT2D eigenvalue weighted by Crippen LogP contribution is -2.08. The lowest BCUT2D eigenvalue weighted by atomic mass is 10.0. The van der Waals surface area contributed by atoms with Crippen molar-refractivity contribution >= 4 is 35.1 Å². The lowest BCUT2D eigenvalue weighted by Gasteiger charge is -2.13. The number of hydrogen-bond acceptors (Lipinski definition) is 12. The van der Waals surface area contributed by atoms with E-state index in [1.165, 1.54) is 14.2 Å². The van der Waals surface area contributed by atoms with Crippen LogP contribution in [0.1, 0.15) is 57.9 Å². The van der Waals surface area contributed by atoms with Crippen LogP contribution in [0.5, 0.6) is 11.5 Å². The monoisotopic (exact) mass is 494 g/mol. The first kappa shape index (κ1) is 23.3. The molecule has 36 heavy (non-hydrogen) atoms. The summed E-state index contributed by atoms with van der Waals surface area (Å²) in [5, 5.41) is 6.25. The molecular weight excluding hydrogens is 472 g/mol. The Morgan fingerprint density at radius 1 is 0.806 bits per heavy atom. The predicted octanol–water partition coefficient (Wildman–Crippen LogP) is 4.31. The first-order valence-corrected chi connectivity index (χ1v) is 11.0. The maximum Gasteiger partial charge on any atom is 0.338 e. The summed E-state index contributed by atoms with van der Waals surface area (Å²) >= 11 is 0. The number of nitrogens with zero attached hydrogens (tertiary/aromatic N) is 2. The zero-order chi connectivity index (χ0) is 25.4. The van der Waals surface area contributed by atoms with E-state index < -0.39 is 24.1 Å². The number of esters is 2. The number of anilines is 4. The average molecular weight is 494 g/mol. The predicted molar refractivity (Wildman–Crippen MR) is 124 cm³/mol. The minimum Gasteiger partial charge on any atom is -0.465 e. The molecule has 186 valence electrons. The second-order valence-corrected chi connectivity index (χ2v) is 7.95. The number of carbonyl (C=O) groups excluding carboxylic acids is 2. The SMILES string of the molecule is COC(=O)c1ccc(Nc2ccnc(Nc3ccc(C(=O)OC)c4c3OOC4C)n2)c2c1C(C)OO2. The van der Waals surface area contributed by atoms with E-state index in [0.29, 0.717) is 50.9 Å². The van der Waals surface area contributed by atoms with Crippen LogP contribution in [-0.2, 0) is 19.2 Å². The third-order valence-electron chi connectivity index (χ3n) is 5.73. The first-order chi connectivity index (χ1) is 17.4. The molecule has 2 N–H and O–H groups in total. The van der Waals surface area contributed by atoms with Gasteiger partial charge in [-0.05, 0) is 44.2 Å². The Balaban J connectivity index is 1.43. The summed E-state index contributed by atoms with van der Waals surface area (Å²) in [5.74, 6) is 0.435. The molecule has 0 radical (unpaired) electrons. The molecule has 2 atom stereocenters. The highest BCUT2D eigenvalue weighted by atomic mass is 17.2. The van der Waals surface area contributed by atoms with Crippen LogP contribution in [0.25, 0.3) is 0 Å². The van der Waals surface area contributed by atoms with E-state index in [1.54, 1.807) is 50.4 Å². The van der Waals surface area contributed by atoms with Crippen molar-refractivity contribution in [1.82, 2.24) is 9.97 Å². The molecule has 2 aliphatic heterocycles. The van der Waals surface area contributed by atoms with Crippen molar-refractivity contribution < 1.29 is 38.6 Å². The van der Waals surface area contributed by atoms with Gasteiger partial charge in [0.25, 0.3) is 0 Å². The molecule has 0 saturated carbocycles. The normalized spacial score (nSPS) is 17.3. The molecule has 0 aliphatic carbocycles. The van der Waals surface area contributed by atoms with Crippen molar-refractivity contribution in [2.45, 2.75) is 26.1 Å². The van der Waals surface area contributed by atoms with Crippen LogP contribution in [0.3, 0.4) is 0 Å². The van der Waals surface area contributed by atoms with Gasteiger partial charge in [-0.2, -0.15) is 14.8 Å². The summed E-state index contributed by atoms with van der Waals surface area (Å²) in [5.41, 5.74) is 2.89. The zero-order valence-corrected chi connectivity index (χ0v) is 19.8. The van der Waals surface area contributed by atoms with Gasteiger partial charge in [0.15, 0.2) is 11.5 Å². The van der Waals surface area contributed by atoms with Crippen molar-refractivity contribution in [1.29, 1.82) is 0 Å². The minimum atomic E-state index is -0.493. The fraction of sp³-hybridized carbons (Fsp3) is 0.250. The van der Waals surface area contributed by atoms with Gasteiger partial charge in [-0.15, -0.1) is 0 Å². The Hall–Kier alpha value is -4.42. The highest BCUT2D eigenvalue weighted by Crippen LogP contribution is 2.45. The maximum atomic E-state index is 12.2. The molecule has 0 saturated heterocycles. The van der Waals surface area contributed by atoms with Gasteiger partial charge in [0, 0.05) is 17.3 Å². The smallest absolute Gasteiger partial charge is 0.338 e. The standard InChI is InChI=1S/C24H22N4O8/c1-11-18-13(22(29)31-3)5-7-15(20(18)35-33-11)26-17-9-10-25-24(28-17)27-16-8-6-14(23(30)32-4)19-12(2)34-36-21(16)19/h5-12H,1-4H3,(H2,25,26,27,28). The number of carbonyl (C=O) groups is 2. The van der Waals surface area contributed by atoms with Crippen LogP contribution in [0.2, 0.25) is 0 Å². The van der Waals surface area contributed by atoms with Gasteiger partial charge in [-0.25, -0.2) is 14.6 Å². The summed E-state index contributed by atoms with van der Waals surface area (Å²) in [6, 6.07) is 8.24. The number of aromatic nitrogens is 2. The molecule has 5 rings (SSSR count). The molecule has 1 aromatic heterocycles. The van der Waals surface area contributed by atoms with E-state index >= 15 is 0 Å². The Labute approximate surface area is 205 Å². The molecule has 12 heteroatoms. The highest BCUT2D eigenvalue weighted by Gasteiger charge is 2.33. The lowest BCUT2D eigenvalue weighted by molar-refractivity contribution is -0.218. The number of benzene rings is 2. The number of ether oxygens (including phenoxy) is 2. The van der Waals surface area contributed by atoms with Gasteiger partial charge < -0.3 is 29.9 Å². The third kappa shape index (κ3) is 4.01. The number of rotatable bonds is 6. The highest BCUT2D eigenvalue weighted by molar-refractivity contribution is 5.94. The van der Waals surface area contributed by atoms with Crippen molar-refractivity contribution in [3.63, 3.8) is 0 Å². The van der Waals surface area contributed by atoms with Crippen molar-refractivity contribution in [3.8, 4) is 11.5 Å². The van der Waals surface area contributed by atoms with Crippen molar-refractivity contribution in [2.24, 2.45) is 0 Å². The zero-order valence-electron chi connectivity index (χ0n) is 19.8. The van der Waals surface area contributed by atoms with Gasteiger partial charge in [0.2, 0.25) is 5.95 Å². The summed E-state index contributed by atoms with van der Waals surface area (Å²) in [6.07, 6.45) is 0.631. The Morgan fingerprint density at radius 3 is 1.86 bits per heavy atom. The van der Waals surface area contributed by atoms with E-state index in [2.05, 4.69) is 20.6 Å². The second-order valence-electron chi connectivity index (χ2n) is 7.95. The van der Waals surface area contributed by atoms with Gasteiger partial charge >= 0.3 is 11.9 Å². The number of fused-ring (bicyclic) bond motifs is 2. The molecular formula is C24H22N4O8. The molecule has 3 heterocycles. The molecule has 12 nitrogen and oxygen atoms in total. The first-order valence-electron chi connectivity index (χ1n) is 11.0. The quantitative estimate of drug-likeness (QED) is 0.373. The minimum absolute atomic E-state index is 0.254. The van der Waals surface area contributed by atoms with Crippen LogP contribution in [0.15, 0.2) is 36.5 Å². The van der Waals surface area contributed by atoms with Crippen LogP contribution in [-0.4, -0.2) is 36.1 Å². The summed E-state index contributed by atoms with van der Waals surface area (Å²) in [4.78, 5) is 54.3. The average Bonchev–Trinajstić information content (AvgIpc) is 3.47. The van der Waals surface area contributed by atoms with Crippen LogP contribution < -0.4 is 20.4 Å². The van der Waals surface area contributed by atoms with E-state index in [9.17, 15) is 9.59 Å². The number of nitrogens with one attached hydrogen (secondary N) is 2.